The number of rotatable bonds is 5. The smallest absolute Gasteiger partial charge is 0.244 e. The van der Waals surface area contributed by atoms with Crippen molar-refractivity contribution in [3.63, 3.8) is 0 Å². The fourth-order valence-corrected chi connectivity index (χ4v) is 3.06. The van der Waals surface area contributed by atoms with Gasteiger partial charge >= 0.3 is 0 Å². The van der Waals surface area contributed by atoms with Crippen molar-refractivity contribution in [1.82, 2.24) is 10.3 Å². The zero-order valence-electron chi connectivity index (χ0n) is 12.8. The summed E-state index contributed by atoms with van der Waals surface area (Å²) in [5.74, 6) is -0.163. The lowest BCUT2D eigenvalue weighted by molar-refractivity contribution is -0.116. The Morgan fingerprint density at radius 2 is 2.08 bits per heavy atom. The number of thiophene rings is 1. The number of aromatic nitrogens is 1. The molecule has 0 aliphatic heterocycles. The molecule has 1 aromatic carbocycles. The standard InChI is InChI=1S/C19H15ClN2OS/c20-16-5-2-1-4-15(16)7-8-19(23)22-13-14-9-10-21-17(12-14)18-6-3-11-24-18/h1-12H,13H2,(H,22,23). The van der Waals surface area contributed by atoms with E-state index in [1.807, 2.05) is 47.8 Å². The molecule has 0 spiro atoms. The zero-order chi connectivity index (χ0) is 16.8. The molecule has 24 heavy (non-hydrogen) atoms. The summed E-state index contributed by atoms with van der Waals surface area (Å²) >= 11 is 7.70. The molecule has 0 saturated carbocycles. The van der Waals surface area contributed by atoms with Gasteiger partial charge in [0.05, 0.1) is 10.6 Å². The molecule has 1 amide bonds. The van der Waals surface area contributed by atoms with Crippen molar-refractivity contribution >= 4 is 34.9 Å². The van der Waals surface area contributed by atoms with E-state index in [-0.39, 0.29) is 5.91 Å². The third-order valence-electron chi connectivity index (χ3n) is 3.38. The van der Waals surface area contributed by atoms with Crippen molar-refractivity contribution < 1.29 is 4.79 Å². The number of nitrogens with zero attached hydrogens (tertiary/aromatic N) is 1. The van der Waals surface area contributed by atoms with Gasteiger partial charge in [0, 0.05) is 23.8 Å². The average molecular weight is 355 g/mol. The second-order valence-corrected chi connectivity index (χ2v) is 6.45. The first-order chi connectivity index (χ1) is 11.7. The highest BCUT2D eigenvalue weighted by Crippen LogP contribution is 2.23. The van der Waals surface area contributed by atoms with Crippen molar-refractivity contribution in [2.45, 2.75) is 6.54 Å². The maximum Gasteiger partial charge on any atom is 0.244 e. The SMILES string of the molecule is O=C(C=Cc1ccccc1Cl)NCc1ccnc(-c2cccs2)c1. The normalized spacial score (nSPS) is 10.9. The second-order valence-electron chi connectivity index (χ2n) is 5.10. The van der Waals surface area contributed by atoms with Crippen LogP contribution in [0.4, 0.5) is 0 Å². The van der Waals surface area contributed by atoms with E-state index in [0.29, 0.717) is 11.6 Å². The van der Waals surface area contributed by atoms with Gasteiger partial charge in [-0.25, -0.2) is 0 Å². The van der Waals surface area contributed by atoms with Crippen molar-refractivity contribution in [2.75, 3.05) is 0 Å². The molecule has 0 bridgehead atoms. The Balaban J connectivity index is 1.61. The summed E-state index contributed by atoms with van der Waals surface area (Å²) in [6.07, 6.45) is 4.96. The minimum atomic E-state index is -0.163. The molecule has 0 aliphatic carbocycles. The summed E-state index contributed by atoms with van der Waals surface area (Å²) < 4.78 is 0. The van der Waals surface area contributed by atoms with Gasteiger partial charge in [0.15, 0.2) is 0 Å². The van der Waals surface area contributed by atoms with Gasteiger partial charge < -0.3 is 5.32 Å². The molecule has 0 radical (unpaired) electrons. The molecule has 3 rings (SSSR count). The molecule has 3 nitrogen and oxygen atoms in total. The van der Waals surface area contributed by atoms with Crippen molar-refractivity contribution in [3.8, 4) is 10.6 Å². The summed E-state index contributed by atoms with van der Waals surface area (Å²) in [6, 6.07) is 15.3. The summed E-state index contributed by atoms with van der Waals surface area (Å²) in [7, 11) is 0. The quantitative estimate of drug-likeness (QED) is 0.669. The van der Waals surface area contributed by atoms with Crippen LogP contribution < -0.4 is 5.32 Å². The van der Waals surface area contributed by atoms with Gasteiger partial charge in [-0.1, -0.05) is 35.9 Å². The predicted molar refractivity (Wildman–Crippen MR) is 99.9 cm³/mol. The molecule has 0 saturated heterocycles. The first-order valence-electron chi connectivity index (χ1n) is 7.41. The van der Waals surface area contributed by atoms with Crippen LogP contribution in [0.2, 0.25) is 5.02 Å². The number of hydrogen-bond acceptors (Lipinski definition) is 3. The lowest BCUT2D eigenvalue weighted by atomic mass is 10.2. The summed E-state index contributed by atoms with van der Waals surface area (Å²) in [6.45, 7) is 0.451. The van der Waals surface area contributed by atoms with Gasteiger partial charge in [-0.05, 0) is 46.8 Å². The van der Waals surface area contributed by atoms with Crippen LogP contribution in [0, 0.1) is 0 Å². The lowest BCUT2D eigenvalue weighted by Crippen LogP contribution is -2.20. The van der Waals surface area contributed by atoms with Crippen LogP contribution in [0.1, 0.15) is 11.1 Å². The molecule has 0 unspecified atom stereocenters. The van der Waals surface area contributed by atoms with Gasteiger partial charge in [-0.3, -0.25) is 9.78 Å². The van der Waals surface area contributed by atoms with Crippen LogP contribution in [-0.2, 0) is 11.3 Å². The average Bonchev–Trinajstić information content (AvgIpc) is 3.14. The van der Waals surface area contributed by atoms with E-state index in [9.17, 15) is 4.79 Å². The van der Waals surface area contributed by atoms with Gasteiger partial charge in [-0.2, -0.15) is 0 Å². The summed E-state index contributed by atoms with van der Waals surface area (Å²) in [5.41, 5.74) is 2.74. The number of carbonyl (C=O) groups excluding carboxylic acids is 1. The number of hydrogen-bond donors (Lipinski definition) is 1. The van der Waals surface area contributed by atoms with E-state index in [1.54, 1.807) is 29.7 Å². The molecule has 3 aromatic rings. The Bertz CT molecular complexity index is 859. The van der Waals surface area contributed by atoms with E-state index >= 15 is 0 Å². The molecular weight excluding hydrogens is 340 g/mol. The van der Waals surface area contributed by atoms with Crippen molar-refractivity contribution in [1.29, 1.82) is 0 Å². The topological polar surface area (TPSA) is 42.0 Å². The maximum absolute atomic E-state index is 12.0. The van der Waals surface area contributed by atoms with E-state index in [2.05, 4.69) is 10.3 Å². The molecule has 0 atom stereocenters. The summed E-state index contributed by atoms with van der Waals surface area (Å²) in [4.78, 5) is 17.4. The fourth-order valence-electron chi connectivity index (χ4n) is 2.17. The number of carbonyl (C=O) groups is 1. The molecular formula is C19H15ClN2OS. The lowest BCUT2D eigenvalue weighted by Gasteiger charge is -2.04. The van der Waals surface area contributed by atoms with Gasteiger partial charge in [0.2, 0.25) is 5.91 Å². The number of halogens is 1. The Kier molecular flexibility index (Phi) is 5.41. The number of amides is 1. The molecule has 2 heterocycles. The molecule has 5 heteroatoms. The number of benzene rings is 1. The predicted octanol–water partition coefficient (Wildman–Crippen LogP) is 4.79. The van der Waals surface area contributed by atoms with Crippen LogP contribution in [0.5, 0.6) is 0 Å². The van der Waals surface area contributed by atoms with E-state index in [4.69, 9.17) is 11.6 Å². The number of nitrogens with one attached hydrogen (secondary N) is 1. The Morgan fingerprint density at radius 3 is 2.88 bits per heavy atom. The highest BCUT2D eigenvalue weighted by Gasteiger charge is 2.03. The highest BCUT2D eigenvalue weighted by atomic mass is 35.5. The Hall–Kier alpha value is -2.43. The fraction of sp³-hybridized carbons (Fsp3) is 0.0526. The summed E-state index contributed by atoms with van der Waals surface area (Å²) in [5, 5.41) is 5.51. The van der Waals surface area contributed by atoms with E-state index in [0.717, 1.165) is 21.7 Å². The van der Waals surface area contributed by atoms with E-state index < -0.39 is 0 Å². The van der Waals surface area contributed by atoms with Gasteiger partial charge in [0.1, 0.15) is 0 Å². The maximum atomic E-state index is 12.0. The Morgan fingerprint density at radius 1 is 1.21 bits per heavy atom. The van der Waals surface area contributed by atoms with Gasteiger partial charge in [0.25, 0.3) is 0 Å². The highest BCUT2D eigenvalue weighted by molar-refractivity contribution is 7.13. The third-order valence-corrected chi connectivity index (χ3v) is 4.62. The largest absolute Gasteiger partial charge is 0.348 e. The first kappa shape index (κ1) is 16.4. The van der Waals surface area contributed by atoms with Crippen LogP contribution in [-0.4, -0.2) is 10.9 Å². The van der Waals surface area contributed by atoms with Crippen LogP contribution >= 0.6 is 22.9 Å². The molecule has 1 N–H and O–H groups in total. The van der Waals surface area contributed by atoms with Crippen LogP contribution in [0.15, 0.2) is 66.2 Å². The Labute approximate surface area is 149 Å². The van der Waals surface area contributed by atoms with Crippen molar-refractivity contribution in [2.24, 2.45) is 0 Å². The molecule has 0 aliphatic rings. The molecule has 120 valence electrons. The van der Waals surface area contributed by atoms with Gasteiger partial charge in [-0.15, -0.1) is 11.3 Å². The minimum absolute atomic E-state index is 0.163. The first-order valence-corrected chi connectivity index (χ1v) is 8.67. The van der Waals surface area contributed by atoms with Crippen LogP contribution in [0.3, 0.4) is 0 Å². The van der Waals surface area contributed by atoms with E-state index in [1.165, 1.54) is 6.08 Å². The monoisotopic (exact) mass is 354 g/mol. The zero-order valence-corrected chi connectivity index (χ0v) is 14.3. The minimum Gasteiger partial charge on any atom is -0.348 e. The number of pyridine rings is 1. The molecule has 2 aromatic heterocycles. The van der Waals surface area contributed by atoms with Crippen LogP contribution in [0.25, 0.3) is 16.6 Å². The van der Waals surface area contributed by atoms with Crippen molar-refractivity contribution in [3.05, 3.63) is 82.3 Å². The second kappa shape index (κ2) is 7.90. The third kappa shape index (κ3) is 4.31. The molecule has 0 fully saturated rings.